The van der Waals surface area contributed by atoms with Crippen molar-refractivity contribution in [3.8, 4) is 0 Å². The van der Waals surface area contributed by atoms with Crippen molar-refractivity contribution in [3.05, 3.63) is 35.9 Å². The Morgan fingerprint density at radius 2 is 2.12 bits per heavy atom. The third-order valence-corrected chi connectivity index (χ3v) is 3.11. The number of nitrogens with one attached hydrogen (secondary N) is 1. The number of nitrogens with zero attached hydrogens (tertiary/aromatic N) is 1. The Morgan fingerprint density at radius 1 is 1.35 bits per heavy atom. The van der Waals surface area contributed by atoms with Crippen LogP contribution in [0.4, 0.5) is 4.79 Å². The predicted molar refractivity (Wildman–Crippen MR) is 67.6 cm³/mol. The number of carbonyl (C=O) groups excluding carboxylic acids is 1. The topological polar surface area (TPSA) is 58.4 Å². The van der Waals surface area contributed by atoms with Crippen molar-refractivity contribution >= 4 is 6.03 Å². The second-order valence-corrected chi connectivity index (χ2v) is 4.38. The van der Waals surface area contributed by atoms with E-state index in [-0.39, 0.29) is 12.1 Å². The number of nitrogens with two attached hydrogens (primary N) is 1. The average molecular weight is 233 g/mol. The zero-order valence-electron chi connectivity index (χ0n) is 9.93. The van der Waals surface area contributed by atoms with Gasteiger partial charge in [-0.25, -0.2) is 4.79 Å². The lowest BCUT2D eigenvalue weighted by Crippen LogP contribution is -2.47. The first-order valence-electron chi connectivity index (χ1n) is 6.10. The molecule has 1 aliphatic heterocycles. The lowest BCUT2D eigenvalue weighted by Gasteiger charge is -2.28. The maximum Gasteiger partial charge on any atom is 0.317 e. The van der Waals surface area contributed by atoms with E-state index in [1.165, 1.54) is 0 Å². The maximum atomic E-state index is 11.5. The standard InChI is InChI=1S/C13H19N3O/c14-12(11-5-2-1-3-6-11)7-10-16-9-4-8-15-13(16)17/h1-3,5-6,12H,4,7-10,14H2,(H,15,17). The highest BCUT2D eigenvalue weighted by molar-refractivity contribution is 5.74. The summed E-state index contributed by atoms with van der Waals surface area (Å²) in [5.74, 6) is 0. The molecule has 1 fully saturated rings. The van der Waals surface area contributed by atoms with Crippen molar-refractivity contribution in [2.45, 2.75) is 18.9 Å². The van der Waals surface area contributed by atoms with Gasteiger partial charge in [0.15, 0.2) is 0 Å². The second-order valence-electron chi connectivity index (χ2n) is 4.38. The molecule has 0 saturated carbocycles. The smallest absolute Gasteiger partial charge is 0.317 e. The van der Waals surface area contributed by atoms with Gasteiger partial charge in [0.2, 0.25) is 0 Å². The van der Waals surface area contributed by atoms with Crippen molar-refractivity contribution in [1.29, 1.82) is 0 Å². The highest BCUT2D eigenvalue weighted by atomic mass is 16.2. The number of hydrogen-bond acceptors (Lipinski definition) is 2. The summed E-state index contributed by atoms with van der Waals surface area (Å²) in [7, 11) is 0. The van der Waals surface area contributed by atoms with Gasteiger partial charge in [-0.1, -0.05) is 30.3 Å². The molecule has 1 unspecified atom stereocenters. The average Bonchev–Trinajstić information content (AvgIpc) is 2.38. The molecule has 1 heterocycles. The molecule has 0 spiro atoms. The van der Waals surface area contributed by atoms with Gasteiger partial charge in [0.05, 0.1) is 0 Å². The molecule has 1 saturated heterocycles. The van der Waals surface area contributed by atoms with Crippen molar-refractivity contribution in [2.75, 3.05) is 19.6 Å². The number of carbonyl (C=O) groups is 1. The van der Waals surface area contributed by atoms with Crippen LogP contribution in [0.5, 0.6) is 0 Å². The van der Waals surface area contributed by atoms with Gasteiger partial charge in [0.1, 0.15) is 0 Å². The minimum Gasteiger partial charge on any atom is -0.338 e. The van der Waals surface area contributed by atoms with Gasteiger partial charge >= 0.3 is 6.03 Å². The van der Waals surface area contributed by atoms with Gasteiger partial charge in [0.25, 0.3) is 0 Å². The van der Waals surface area contributed by atoms with Gasteiger partial charge < -0.3 is 16.0 Å². The van der Waals surface area contributed by atoms with Crippen LogP contribution >= 0.6 is 0 Å². The Hall–Kier alpha value is -1.55. The summed E-state index contributed by atoms with van der Waals surface area (Å²) in [5, 5.41) is 2.84. The third kappa shape index (κ3) is 3.20. The SMILES string of the molecule is NC(CCN1CCCNC1=O)c1ccccc1. The van der Waals surface area contributed by atoms with Crippen LogP contribution in [0.15, 0.2) is 30.3 Å². The minimum atomic E-state index is 0.00549. The van der Waals surface area contributed by atoms with E-state index in [4.69, 9.17) is 5.73 Å². The summed E-state index contributed by atoms with van der Waals surface area (Å²) < 4.78 is 0. The summed E-state index contributed by atoms with van der Waals surface area (Å²) >= 11 is 0. The van der Waals surface area contributed by atoms with Crippen LogP contribution in [0.2, 0.25) is 0 Å². The number of urea groups is 1. The number of rotatable bonds is 4. The summed E-state index contributed by atoms with van der Waals surface area (Å²) in [6.07, 6.45) is 1.82. The van der Waals surface area contributed by atoms with E-state index in [9.17, 15) is 4.79 Å². The fourth-order valence-corrected chi connectivity index (χ4v) is 2.05. The van der Waals surface area contributed by atoms with Gasteiger partial charge in [-0.3, -0.25) is 0 Å². The Labute approximate surface area is 102 Å². The molecule has 1 aliphatic rings. The number of benzene rings is 1. The van der Waals surface area contributed by atoms with Crippen LogP contribution < -0.4 is 11.1 Å². The molecule has 4 heteroatoms. The summed E-state index contributed by atoms with van der Waals surface area (Å²) in [4.78, 5) is 13.4. The first-order chi connectivity index (χ1) is 8.27. The normalized spacial score (nSPS) is 17.7. The van der Waals surface area contributed by atoms with Crippen LogP contribution in [-0.4, -0.2) is 30.6 Å². The molecule has 17 heavy (non-hydrogen) atoms. The summed E-state index contributed by atoms with van der Waals surface area (Å²) in [5.41, 5.74) is 7.23. The highest BCUT2D eigenvalue weighted by Crippen LogP contribution is 2.14. The molecule has 2 amide bonds. The lowest BCUT2D eigenvalue weighted by atomic mass is 10.0. The van der Waals surface area contributed by atoms with Gasteiger partial charge in [-0.2, -0.15) is 0 Å². The second kappa shape index (κ2) is 5.68. The van der Waals surface area contributed by atoms with Crippen LogP contribution in [-0.2, 0) is 0 Å². The first-order valence-corrected chi connectivity index (χ1v) is 6.10. The summed E-state index contributed by atoms with van der Waals surface area (Å²) in [6, 6.07) is 10.1. The highest BCUT2D eigenvalue weighted by Gasteiger charge is 2.18. The zero-order valence-corrected chi connectivity index (χ0v) is 9.93. The van der Waals surface area contributed by atoms with Gasteiger partial charge in [0, 0.05) is 25.7 Å². The molecule has 2 rings (SSSR count). The Bertz CT molecular complexity index is 366. The van der Waals surface area contributed by atoms with Crippen LogP contribution in [0.3, 0.4) is 0 Å². The molecular weight excluding hydrogens is 214 g/mol. The van der Waals surface area contributed by atoms with E-state index in [1.54, 1.807) is 0 Å². The zero-order chi connectivity index (χ0) is 12.1. The van der Waals surface area contributed by atoms with Crippen molar-refractivity contribution in [3.63, 3.8) is 0 Å². The fraction of sp³-hybridized carbons (Fsp3) is 0.462. The predicted octanol–water partition coefficient (Wildman–Crippen LogP) is 1.49. The lowest BCUT2D eigenvalue weighted by molar-refractivity contribution is 0.184. The Morgan fingerprint density at radius 3 is 2.82 bits per heavy atom. The minimum absolute atomic E-state index is 0.00549. The van der Waals surface area contributed by atoms with Gasteiger partial charge in [-0.05, 0) is 18.4 Å². The molecule has 92 valence electrons. The molecule has 1 atom stereocenters. The van der Waals surface area contributed by atoms with E-state index in [1.807, 2.05) is 35.2 Å². The van der Waals surface area contributed by atoms with Gasteiger partial charge in [-0.15, -0.1) is 0 Å². The van der Waals surface area contributed by atoms with E-state index in [0.717, 1.165) is 38.0 Å². The first kappa shape index (κ1) is 11.9. The number of hydrogen-bond donors (Lipinski definition) is 2. The van der Waals surface area contributed by atoms with E-state index in [0.29, 0.717) is 0 Å². The largest absolute Gasteiger partial charge is 0.338 e. The molecule has 3 N–H and O–H groups in total. The molecule has 0 radical (unpaired) electrons. The van der Waals surface area contributed by atoms with Crippen molar-refractivity contribution < 1.29 is 4.79 Å². The molecular formula is C13H19N3O. The van der Waals surface area contributed by atoms with Crippen LogP contribution in [0, 0.1) is 0 Å². The van der Waals surface area contributed by atoms with E-state index in [2.05, 4.69) is 5.32 Å². The molecule has 4 nitrogen and oxygen atoms in total. The van der Waals surface area contributed by atoms with Crippen molar-refractivity contribution in [2.24, 2.45) is 5.73 Å². The fourth-order valence-electron chi connectivity index (χ4n) is 2.05. The Balaban J connectivity index is 1.83. The monoisotopic (exact) mass is 233 g/mol. The molecule has 1 aromatic carbocycles. The van der Waals surface area contributed by atoms with E-state index < -0.39 is 0 Å². The van der Waals surface area contributed by atoms with Crippen molar-refractivity contribution in [1.82, 2.24) is 10.2 Å². The maximum absolute atomic E-state index is 11.5. The van der Waals surface area contributed by atoms with Crippen LogP contribution in [0.1, 0.15) is 24.4 Å². The molecule has 0 bridgehead atoms. The molecule has 0 aromatic heterocycles. The third-order valence-electron chi connectivity index (χ3n) is 3.11. The Kier molecular flexibility index (Phi) is 3.98. The number of amides is 2. The van der Waals surface area contributed by atoms with E-state index >= 15 is 0 Å². The quantitative estimate of drug-likeness (QED) is 0.827. The summed E-state index contributed by atoms with van der Waals surface area (Å²) in [6.45, 7) is 2.36. The van der Waals surface area contributed by atoms with Crippen LogP contribution in [0.25, 0.3) is 0 Å². The molecule has 0 aliphatic carbocycles. The molecule has 1 aromatic rings.